The minimum absolute atomic E-state index is 0.0433. The quantitative estimate of drug-likeness (QED) is 0.337. The predicted molar refractivity (Wildman–Crippen MR) is 134 cm³/mol. The second-order valence-electron chi connectivity index (χ2n) is 7.38. The summed E-state index contributed by atoms with van der Waals surface area (Å²) in [4.78, 5) is 17.1. The lowest BCUT2D eigenvalue weighted by atomic mass is 10.1. The molecule has 4 rings (SSSR count). The summed E-state index contributed by atoms with van der Waals surface area (Å²) in [5.41, 5.74) is 3.75. The Labute approximate surface area is 201 Å². The number of nitrogens with zero attached hydrogens (tertiary/aromatic N) is 1. The number of nitrogens with one attached hydrogen (secondary N) is 2. The summed E-state index contributed by atoms with van der Waals surface area (Å²) in [7, 11) is 2.99. The molecule has 8 nitrogen and oxygen atoms in total. The molecule has 34 heavy (non-hydrogen) atoms. The SMILES string of the molecule is CCc1ccc2oc(-c3ccc(NC(=S)NC(=O)c4ccc(OC)cc4OC)cc3O)nc2c1. The van der Waals surface area contributed by atoms with Gasteiger partial charge in [0.2, 0.25) is 5.89 Å². The van der Waals surface area contributed by atoms with Crippen LogP contribution >= 0.6 is 12.2 Å². The largest absolute Gasteiger partial charge is 0.507 e. The average Bonchev–Trinajstić information content (AvgIpc) is 3.26. The van der Waals surface area contributed by atoms with Crippen molar-refractivity contribution >= 4 is 40.0 Å². The number of thiocarbonyl (C=S) groups is 1. The summed E-state index contributed by atoms with van der Waals surface area (Å²) in [5, 5.41) is 16.1. The highest BCUT2D eigenvalue weighted by molar-refractivity contribution is 7.80. The minimum Gasteiger partial charge on any atom is -0.507 e. The number of hydrogen-bond acceptors (Lipinski definition) is 7. The molecule has 4 aromatic rings. The van der Waals surface area contributed by atoms with E-state index in [2.05, 4.69) is 22.5 Å². The van der Waals surface area contributed by atoms with Gasteiger partial charge in [0.05, 0.1) is 25.3 Å². The number of phenolic OH excluding ortho intramolecular Hbond substituents is 1. The number of anilines is 1. The Bertz CT molecular complexity index is 1380. The summed E-state index contributed by atoms with van der Waals surface area (Å²) in [6, 6.07) is 15.5. The van der Waals surface area contributed by atoms with Crippen LogP contribution in [0.4, 0.5) is 5.69 Å². The molecule has 0 bridgehead atoms. The number of hydrogen-bond donors (Lipinski definition) is 3. The molecular weight excluding hydrogens is 454 g/mol. The highest BCUT2D eigenvalue weighted by Gasteiger charge is 2.16. The number of carbonyl (C=O) groups excluding carboxylic acids is 1. The van der Waals surface area contributed by atoms with Crippen LogP contribution in [-0.4, -0.2) is 35.3 Å². The lowest BCUT2D eigenvalue weighted by Crippen LogP contribution is -2.34. The lowest BCUT2D eigenvalue weighted by molar-refractivity contribution is 0.0974. The smallest absolute Gasteiger partial charge is 0.261 e. The topological polar surface area (TPSA) is 106 Å². The van der Waals surface area contributed by atoms with E-state index in [1.54, 1.807) is 30.3 Å². The third-order valence-electron chi connectivity index (χ3n) is 5.23. The van der Waals surface area contributed by atoms with Crippen LogP contribution < -0.4 is 20.1 Å². The molecule has 9 heteroatoms. The highest BCUT2D eigenvalue weighted by atomic mass is 32.1. The minimum atomic E-state index is -0.448. The number of methoxy groups -OCH3 is 2. The number of aryl methyl sites for hydroxylation is 1. The standard InChI is InChI=1S/C25H23N3O5S/c1-4-14-5-10-21-19(11-14)27-24(33-21)17-8-6-15(12-20(17)29)26-25(34)28-23(30)18-9-7-16(31-2)13-22(18)32-3/h5-13,29H,4H2,1-3H3,(H2,26,28,30,34). The van der Waals surface area contributed by atoms with Crippen molar-refractivity contribution in [2.45, 2.75) is 13.3 Å². The monoisotopic (exact) mass is 477 g/mol. The Morgan fingerprint density at radius 2 is 1.91 bits per heavy atom. The number of aromatic nitrogens is 1. The first-order valence-corrected chi connectivity index (χ1v) is 10.9. The van der Waals surface area contributed by atoms with E-state index in [1.807, 2.05) is 18.2 Å². The van der Waals surface area contributed by atoms with Gasteiger partial charge in [0.25, 0.3) is 5.91 Å². The second-order valence-corrected chi connectivity index (χ2v) is 7.79. The summed E-state index contributed by atoms with van der Waals surface area (Å²) >= 11 is 5.26. The van der Waals surface area contributed by atoms with Crippen LogP contribution in [0.15, 0.2) is 59.0 Å². The van der Waals surface area contributed by atoms with Crippen LogP contribution in [-0.2, 0) is 6.42 Å². The fraction of sp³-hybridized carbons (Fsp3) is 0.160. The van der Waals surface area contributed by atoms with Gasteiger partial charge in [-0.15, -0.1) is 0 Å². The number of aromatic hydroxyl groups is 1. The first-order valence-electron chi connectivity index (χ1n) is 10.5. The van der Waals surface area contributed by atoms with Crippen LogP contribution in [0, 0.1) is 0 Å². The van der Waals surface area contributed by atoms with Crippen molar-refractivity contribution in [2.24, 2.45) is 0 Å². The van der Waals surface area contributed by atoms with Crippen LogP contribution in [0.3, 0.4) is 0 Å². The van der Waals surface area contributed by atoms with Gasteiger partial charge in [-0.25, -0.2) is 4.98 Å². The fourth-order valence-corrected chi connectivity index (χ4v) is 3.63. The Kier molecular flexibility index (Phi) is 6.65. The van der Waals surface area contributed by atoms with Crippen molar-refractivity contribution in [2.75, 3.05) is 19.5 Å². The molecule has 3 N–H and O–H groups in total. The van der Waals surface area contributed by atoms with E-state index in [-0.39, 0.29) is 10.9 Å². The zero-order valence-electron chi connectivity index (χ0n) is 18.8. The maximum absolute atomic E-state index is 12.6. The van der Waals surface area contributed by atoms with E-state index in [0.717, 1.165) is 17.5 Å². The normalized spacial score (nSPS) is 10.7. The van der Waals surface area contributed by atoms with Gasteiger partial charge >= 0.3 is 0 Å². The number of amides is 1. The molecule has 0 aliphatic heterocycles. The van der Waals surface area contributed by atoms with E-state index in [0.29, 0.717) is 39.8 Å². The average molecular weight is 478 g/mol. The zero-order chi connectivity index (χ0) is 24.2. The fourth-order valence-electron chi connectivity index (χ4n) is 3.42. The summed E-state index contributed by atoms with van der Waals surface area (Å²) in [5.74, 6) is 0.740. The van der Waals surface area contributed by atoms with E-state index >= 15 is 0 Å². The number of phenols is 1. The van der Waals surface area contributed by atoms with Gasteiger partial charge < -0.3 is 24.3 Å². The molecule has 174 valence electrons. The lowest BCUT2D eigenvalue weighted by Gasteiger charge is -2.13. The molecule has 0 atom stereocenters. The highest BCUT2D eigenvalue weighted by Crippen LogP contribution is 2.33. The van der Waals surface area contributed by atoms with Crippen LogP contribution in [0.25, 0.3) is 22.6 Å². The van der Waals surface area contributed by atoms with Crippen LogP contribution in [0.2, 0.25) is 0 Å². The number of carbonyl (C=O) groups is 1. The molecule has 0 radical (unpaired) electrons. The van der Waals surface area contributed by atoms with Crippen molar-refractivity contribution < 1.29 is 23.8 Å². The number of benzene rings is 3. The third kappa shape index (κ3) is 4.79. The van der Waals surface area contributed by atoms with Gasteiger partial charge in [0.1, 0.15) is 22.8 Å². The molecule has 3 aromatic carbocycles. The molecule has 1 heterocycles. The van der Waals surface area contributed by atoms with Gasteiger partial charge in [0.15, 0.2) is 10.7 Å². The molecule has 1 aromatic heterocycles. The molecule has 0 unspecified atom stereocenters. The Morgan fingerprint density at radius 1 is 1.09 bits per heavy atom. The molecule has 0 aliphatic carbocycles. The van der Waals surface area contributed by atoms with E-state index in [4.69, 9.17) is 26.1 Å². The van der Waals surface area contributed by atoms with Crippen molar-refractivity contribution in [3.63, 3.8) is 0 Å². The van der Waals surface area contributed by atoms with Crippen LogP contribution in [0.5, 0.6) is 17.2 Å². The van der Waals surface area contributed by atoms with E-state index in [9.17, 15) is 9.90 Å². The van der Waals surface area contributed by atoms with Crippen LogP contribution in [0.1, 0.15) is 22.8 Å². The van der Waals surface area contributed by atoms with Gasteiger partial charge in [0, 0.05) is 17.8 Å². The van der Waals surface area contributed by atoms with E-state index in [1.165, 1.54) is 20.3 Å². The van der Waals surface area contributed by atoms with Crippen molar-refractivity contribution in [3.05, 3.63) is 65.7 Å². The number of rotatable bonds is 6. The predicted octanol–water partition coefficient (Wildman–Crippen LogP) is 4.91. The molecular formula is C25H23N3O5S. The van der Waals surface area contributed by atoms with E-state index < -0.39 is 5.91 Å². The summed E-state index contributed by atoms with van der Waals surface area (Å²) in [6.45, 7) is 2.07. The molecule has 1 amide bonds. The number of fused-ring (bicyclic) bond motifs is 1. The van der Waals surface area contributed by atoms with Crippen molar-refractivity contribution in [3.8, 4) is 28.7 Å². The molecule has 0 saturated heterocycles. The van der Waals surface area contributed by atoms with Gasteiger partial charge in [-0.1, -0.05) is 13.0 Å². The molecule has 0 saturated carbocycles. The first-order chi connectivity index (χ1) is 16.4. The zero-order valence-corrected chi connectivity index (χ0v) is 19.7. The molecule has 0 spiro atoms. The van der Waals surface area contributed by atoms with Crippen molar-refractivity contribution in [1.82, 2.24) is 10.3 Å². The second kappa shape index (κ2) is 9.80. The maximum Gasteiger partial charge on any atom is 0.261 e. The first kappa shape index (κ1) is 23.1. The van der Waals surface area contributed by atoms with Gasteiger partial charge in [-0.05, 0) is 60.6 Å². The molecule has 0 aliphatic rings. The Balaban J connectivity index is 1.47. The molecule has 0 fully saturated rings. The van der Waals surface area contributed by atoms with Crippen molar-refractivity contribution in [1.29, 1.82) is 0 Å². The Hall–Kier alpha value is -4.11. The number of oxazole rings is 1. The maximum atomic E-state index is 12.6. The Morgan fingerprint density at radius 3 is 2.62 bits per heavy atom. The summed E-state index contributed by atoms with van der Waals surface area (Å²) in [6.07, 6.45) is 0.894. The third-order valence-corrected chi connectivity index (χ3v) is 5.43. The van der Waals surface area contributed by atoms with Gasteiger partial charge in [-0.3, -0.25) is 10.1 Å². The summed E-state index contributed by atoms with van der Waals surface area (Å²) < 4.78 is 16.2. The number of ether oxygens (including phenoxy) is 2. The van der Waals surface area contributed by atoms with Gasteiger partial charge in [-0.2, -0.15) is 0 Å².